The van der Waals surface area contributed by atoms with Crippen LogP contribution in [-0.4, -0.2) is 41.9 Å². The lowest BCUT2D eigenvalue weighted by Gasteiger charge is -2.28. The molecule has 0 unspecified atom stereocenters. The van der Waals surface area contributed by atoms with Gasteiger partial charge in [-0.25, -0.2) is 0 Å². The van der Waals surface area contributed by atoms with Crippen LogP contribution in [0, 0.1) is 0 Å². The number of carbonyl (C=O) groups is 2. The molecule has 1 amide bonds. The fraction of sp³-hybridized carbons (Fsp3) is 0.833. The Kier molecular flexibility index (Phi) is 5.79. The molecule has 0 aromatic heterocycles. The highest BCUT2D eigenvalue weighted by atomic mass is 19.4. The van der Waals surface area contributed by atoms with Crippen molar-refractivity contribution in [2.45, 2.75) is 50.2 Å². The van der Waals surface area contributed by atoms with Gasteiger partial charge in [0.05, 0.1) is 18.6 Å². The molecule has 8 heteroatoms. The van der Waals surface area contributed by atoms with Crippen LogP contribution in [0.4, 0.5) is 13.2 Å². The van der Waals surface area contributed by atoms with Gasteiger partial charge in [-0.05, 0) is 12.8 Å². The minimum absolute atomic E-state index is 0.165. The van der Waals surface area contributed by atoms with Gasteiger partial charge in [0.25, 0.3) is 0 Å². The highest BCUT2D eigenvalue weighted by molar-refractivity contribution is 5.78. The normalized spacial score (nSPS) is 17.9. The summed E-state index contributed by atoms with van der Waals surface area (Å²) in [5, 5.41) is 11.5. The summed E-state index contributed by atoms with van der Waals surface area (Å²) in [6.45, 7) is -1.73. The fourth-order valence-electron chi connectivity index (χ4n) is 2.40. The molecule has 1 fully saturated rings. The van der Waals surface area contributed by atoms with E-state index in [1.165, 1.54) is 0 Å². The minimum atomic E-state index is -4.41. The maximum Gasteiger partial charge on any atom is 0.411 e. The molecular weight excluding hydrogens is 279 g/mol. The summed E-state index contributed by atoms with van der Waals surface area (Å²) in [5.41, 5.74) is -0.757. The van der Waals surface area contributed by atoms with Crippen molar-refractivity contribution in [3.8, 4) is 0 Å². The van der Waals surface area contributed by atoms with Crippen LogP contribution in [0.3, 0.4) is 0 Å². The molecule has 0 heterocycles. The van der Waals surface area contributed by atoms with E-state index in [1.807, 2.05) is 0 Å². The number of carboxylic acid groups (broad SMARTS) is 1. The summed E-state index contributed by atoms with van der Waals surface area (Å²) in [4.78, 5) is 22.5. The van der Waals surface area contributed by atoms with E-state index in [4.69, 9.17) is 5.11 Å². The second-order valence-electron chi connectivity index (χ2n) is 5.02. The Balaban J connectivity index is 2.34. The number of nitrogens with one attached hydrogen (secondary N) is 1. The second kappa shape index (κ2) is 6.92. The largest absolute Gasteiger partial charge is 0.481 e. The predicted octanol–water partition coefficient (Wildman–Crippen LogP) is 1.86. The van der Waals surface area contributed by atoms with Gasteiger partial charge in [-0.2, -0.15) is 13.2 Å². The third-order valence-corrected chi connectivity index (χ3v) is 3.19. The van der Waals surface area contributed by atoms with Crippen molar-refractivity contribution < 1.29 is 32.6 Å². The highest BCUT2D eigenvalue weighted by Gasteiger charge is 2.37. The zero-order chi connectivity index (χ0) is 15.2. The van der Waals surface area contributed by atoms with Crippen molar-refractivity contribution in [1.29, 1.82) is 0 Å². The van der Waals surface area contributed by atoms with E-state index in [9.17, 15) is 22.8 Å². The Bertz CT molecular complexity index is 351. The molecule has 116 valence electrons. The van der Waals surface area contributed by atoms with Gasteiger partial charge in [-0.1, -0.05) is 12.8 Å². The van der Waals surface area contributed by atoms with Crippen molar-refractivity contribution in [2.75, 3.05) is 13.2 Å². The highest BCUT2D eigenvalue weighted by Crippen LogP contribution is 2.32. The van der Waals surface area contributed by atoms with Crippen LogP contribution in [-0.2, 0) is 14.3 Å². The first kappa shape index (κ1) is 16.7. The van der Waals surface area contributed by atoms with Crippen LogP contribution in [0.5, 0.6) is 0 Å². The molecule has 0 aliphatic heterocycles. The molecule has 0 bridgehead atoms. The van der Waals surface area contributed by atoms with Crippen LogP contribution in [0.2, 0.25) is 0 Å². The van der Waals surface area contributed by atoms with Crippen molar-refractivity contribution >= 4 is 11.9 Å². The summed E-state index contributed by atoms with van der Waals surface area (Å²) < 4.78 is 39.8. The summed E-state index contributed by atoms with van der Waals surface area (Å²) in [7, 11) is 0. The lowest BCUT2D eigenvalue weighted by atomic mass is 9.93. The molecule has 5 nitrogen and oxygen atoms in total. The van der Waals surface area contributed by atoms with E-state index in [-0.39, 0.29) is 19.4 Å². The Morgan fingerprint density at radius 3 is 2.35 bits per heavy atom. The topological polar surface area (TPSA) is 75.6 Å². The zero-order valence-electron chi connectivity index (χ0n) is 11.0. The van der Waals surface area contributed by atoms with Gasteiger partial charge in [0.1, 0.15) is 6.61 Å². The number of ether oxygens (including phenoxy) is 1. The predicted molar refractivity (Wildman–Crippen MR) is 63.1 cm³/mol. The van der Waals surface area contributed by atoms with E-state index < -0.39 is 30.2 Å². The first-order valence-corrected chi connectivity index (χ1v) is 6.40. The van der Waals surface area contributed by atoms with E-state index >= 15 is 0 Å². The van der Waals surface area contributed by atoms with E-state index in [0.29, 0.717) is 12.8 Å². The van der Waals surface area contributed by atoms with Gasteiger partial charge in [-0.15, -0.1) is 0 Å². The number of amides is 1. The maximum atomic E-state index is 11.8. The van der Waals surface area contributed by atoms with Crippen LogP contribution in [0.1, 0.15) is 38.5 Å². The minimum Gasteiger partial charge on any atom is -0.481 e. The molecule has 0 aromatic rings. The average molecular weight is 297 g/mol. The SMILES string of the molecule is O=C(O)CC1(NC(=O)CCOCC(F)(F)F)CCCC1. The molecule has 20 heavy (non-hydrogen) atoms. The van der Waals surface area contributed by atoms with Crippen LogP contribution in [0.15, 0.2) is 0 Å². The second-order valence-corrected chi connectivity index (χ2v) is 5.02. The number of aliphatic carboxylic acids is 1. The van der Waals surface area contributed by atoms with Crippen LogP contribution in [0.25, 0.3) is 0 Å². The summed E-state index contributed by atoms with van der Waals surface area (Å²) >= 11 is 0. The molecule has 0 aromatic carbocycles. The number of hydrogen-bond acceptors (Lipinski definition) is 3. The molecule has 0 atom stereocenters. The van der Waals surface area contributed by atoms with Gasteiger partial charge in [0, 0.05) is 6.42 Å². The maximum absolute atomic E-state index is 11.8. The van der Waals surface area contributed by atoms with Crippen LogP contribution >= 0.6 is 0 Å². The van der Waals surface area contributed by atoms with E-state index in [0.717, 1.165) is 12.8 Å². The standard InChI is InChI=1S/C12H18F3NO4/c13-12(14,15)8-20-6-3-9(17)16-11(7-10(18)19)4-1-2-5-11/h1-8H2,(H,16,17)(H,18,19). The first-order valence-electron chi connectivity index (χ1n) is 6.40. The Morgan fingerprint density at radius 2 is 1.85 bits per heavy atom. The summed E-state index contributed by atoms with van der Waals surface area (Å²) in [6.07, 6.45) is -1.97. The van der Waals surface area contributed by atoms with Gasteiger partial charge >= 0.3 is 12.1 Å². The van der Waals surface area contributed by atoms with E-state index in [1.54, 1.807) is 0 Å². The van der Waals surface area contributed by atoms with Crippen molar-refractivity contribution in [1.82, 2.24) is 5.32 Å². The monoisotopic (exact) mass is 297 g/mol. The van der Waals surface area contributed by atoms with Crippen molar-refractivity contribution in [3.63, 3.8) is 0 Å². The number of carbonyl (C=O) groups excluding carboxylic acids is 1. The smallest absolute Gasteiger partial charge is 0.411 e. The quantitative estimate of drug-likeness (QED) is 0.703. The molecule has 0 spiro atoms. The lowest BCUT2D eigenvalue weighted by Crippen LogP contribution is -2.48. The molecule has 0 saturated heterocycles. The van der Waals surface area contributed by atoms with Gasteiger partial charge < -0.3 is 15.2 Å². The lowest BCUT2D eigenvalue weighted by molar-refractivity contribution is -0.174. The summed E-state index contributed by atoms with van der Waals surface area (Å²) in [6, 6.07) is 0. The molecule has 1 saturated carbocycles. The van der Waals surface area contributed by atoms with Crippen molar-refractivity contribution in [3.05, 3.63) is 0 Å². The number of alkyl halides is 3. The van der Waals surface area contributed by atoms with Crippen LogP contribution < -0.4 is 5.32 Å². The van der Waals surface area contributed by atoms with E-state index in [2.05, 4.69) is 10.1 Å². The number of rotatable bonds is 7. The molecular formula is C12H18F3NO4. The Morgan fingerprint density at radius 1 is 1.25 bits per heavy atom. The van der Waals surface area contributed by atoms with Crippen molar-refractivity contribution in [2.24, 2.45) is 0 Å². The molecule has 0 radical (unpaired) electrons. The first-order chi connectivity index (χ1) is 9.22. The Labute approximate surface area is 114 Å². The van der Waals surface area contributed by atoms with Gasteiger partial charge in [0.15, 0.2) is 0 Å². The van der Waals surface area contributed by atoms with Gasteiger partial charge in [-0.3, -0.25) is 9.59 Å². The molecule has 1 aliphatic rings. The molecule has 2 N–H and O–H groups in total. The fourth-order valence-corrected chi connectivity index (χ4v) is 2.40. The number of hydrogen-bond donors (Lipinski definition) is 2. The van der Waals surface area contributed by atoms with Gasteiger partial charge in [0.2, 0.25) is 5.91 Å². The average Bonchev–Trinajstić information content (AvgIpc) is 2.70. The molecule has 1 rings (SSSR count). The molecule has 1 aliphatic carbocycles. The Hall–Kier alpha value is -1.31. The third kappa shape index (κ3) is 6.23. The third-order valence-electron chi connectivity index (χ3n) is 3.19. The zero-order valence-corrected chi connectivity index (χ0v) is 11.0. The summed E-state index contributed by atoms with van der Waals surface area (Å²) in [5.74, 6) is -1.48. The number of carboxylic acids is 1. The number of halogens is 3.